The molecule has 4 aliphatic rings. The Kier molecular flexibility index (Phi) is 7.78. The maximum atomic E-state index is 14.5. The topological polar surface area (TPSA) is 104 Å². The number of hydrogen-bond donors (Lipinski definition) is 1. The number of ether oxygens (including phenoxy) is 1. The molecule has 0 unspecified atom stereocenters. The number of halogens is 2. The van der Waals surface area contributed by atoms with Crippen molar-refractivity contribution >= 4 is 52.7 Å². The van der Waals surface area contributed by atoms with Gasteiger partial charge >= 0.3 is 0 Å². The third-order valence-corrected chi connectivity index (χ3v) is 11.1. The number of aromatic hydroxyl groups is 1. The Labute approximate surface area is 282 Å². The van der Waals surface area contributed by atoms with Gasteiger partial charge in [-0.2, -0.15) is 0 Å². The summed E-state index contributed by atoms with van der Waals surface area (Å²) in [6.45, 7) is 3.80. The van der Waals surface area contributed by atoms with Crippen LogP contribution in [0.1, 0.15) is 37.8 Å². The predicted octanol–water partition coefficient (Wildman–Crippen LogP) is 6.74. The van der Waals surface area contributed by atoms with Crippen LogP contribution < -0.4 is 14.5 Å². The summed E-state index contributed by atoms with van der Waals surface area (Å²) in [4.78, 5) is 59.2. The normalized spacial score (nSPS) is 28.1. The molecule has 2 saturated heterocycles. The Morgan fingerprint density at radius 1 is 0.958 bits per heavy atom. The lowest BCUT2D eigenvalue weighted by molar-refractivity contribution is -0.132. The molecule has 246 valence electrons. The van der Waals surface area contributed by atoms with Crippen molar-refractivity contribution in [3.05, 3.63) is 100 Å². The molecule has 0 bridgehead atoms. The first-order valence-electron chi connectivity index (χ1n) is 16.0. The van der Waals surface area contributed by atoms with Crippen molar-refractivity contribution in [1.82, 2.24) is 0 Å². The molecule has 7 rings (SSSR count). The number of anilines is 2. The number of phenolic OH excluding ortho intramolecular Hbond substituents is 1. The van der Waals surface area contributed by atoms with Gasteiger partial charge in [-0.05, 0) is 85.7 Å². The van der Waals surface area contributed by atoms with Crippen LogP contribution in [-0.4, -0.2) is 35.8 Å². The highest BCUT2D eigenvalue weighted by Crippen LogP contribution is 2.61. The van der Waals surface area contributed by atoms with E-state index in [-0.39, 0.29) is 40.4 Å². The molecule has 10 heteroatoms. The van der Waals surface area contributed by atoms with Gasteiger partial charge in [0.2, 0.25) is 23.6 Å². The van der Waals surface area contributed by atoms with E-state index in [1.165, 1.54) is 30.2 Å². The number of imide groups is 2. The highest BCUT2D eigenvalue weighted by atomic mass is 35.5. The molecule has 0 aromatic heterocycles. The van der Waals surface area contributed by atoms with Crippen LogP contribution in [0.15, 0.2) is 78.4 Å². The number of benzene rings is 3. The van der Waals surface area contributed by atoms with E-state index in [9.17, 15) is 28.7 Å². The predicted molar refractivity (Wildman–Crippen MR) is 179 cm³/mol. The molecule has 0 radical (unpaired) electrons. The zero-order chi connectivity index (χ0) is 34.1. The van der Waals surface area contributed by atoms with Gasteiger partial charge in [-0.25, -0.2) is 9.29 Å². The van der Waals surface area contributed by atoms with Crippen LogP contribution in [0.2, 0.25) is 5.02 Å². The lowest BCUT2D eigenvalue weighted by Gasteiger charge is -2.47. The van der Waals surface area contributed by atoms with Crippen molar-refractivity contribution in [2.24, 2.45) is 35.0 Å². The lowest BCUT2D eigenvalue weighted by atomic mass is 9.52. The summed E-state index contributed by atoms with van der Waals surface area (Å²) in [5.41, 5.74) is 2.04. The molecular weight excluding hydrogens is 635 g/mol. The summed E-state index contributed by atoms with van der Waals surface area (Å²) in [5.74, 6) is -5.13. The number of nitrogens with zero attached hydrogens (tertiary/aromatic N) is 2. The number of methoxy groups -OCH3 is 1. The highest BCUT2D eigenvalue weighted by Gasteiger charge is 2.67. The smallest absolute Gasteiger partial charge is 0.241 e. The van der Waals surface area contributed by atoms with Gasteiger partial charge in [0.05, 0.1) is 46.7 Å². The fraction of sp³-hybridized carbons (Fsp3) is 0.316. The van der Waals surface area contributed by atoms with Gasteiger partial charge in [0.25, 0.3) is 0 Å². The average molecular weight is 669 g/mol. The molecule has 3 aromatic carbocycles. The Balaban J connectivity index is 1.32. The zero-order valence-corrected chi connectivity index (χ0v) is 27.4. The summed E-state index contributed by atoms with van der Waals surface area (Å²) in [5, 5.41) is 9.91. The first-order chi connectivity index (χ1) is 23.0. The van der Waals surface area contributed by atoms with Crippen molar-refractivity contribution < 1.29 is 33.4 Å². The van der Waals surface area contributed by atoms with E-state index in [1.807, 2.05) is 37.3 Å². The maximum Gasteiger partial charge on any atom is 0.241 e. The van der Waals surface area contributed by atoms with Crippen LogP contribution in [0.25, 0.3) is 6.08 Å². The minimum absolute atomic E-state index is 0.0242. The maximum absolute atomic E-state index is 14.5. The van der Waals surface area contributed by atoms with Gasteiger partial charge in [0.15, 0.2) is 11.5 Å². The number of fused-ring (bicyclic) bond motifs is 4. The van der Waals surface area contributed by atoms with E-state index in [0.717, 1.165) is 28.5 Å². The average Bonchev–Trinajstić information content (AvgIpc) is 3.45. The van der Waals surface area contributed by atoms with E-state index >= 15 is 0 Å². The van der Waals surface area contributed by atoms with Crippen LogP contribution in [0.4, 0.5) is 15.8 Å². The van der Waals surface area contributed by atoms with E-state index in [1.54, 1.807) is 31.2 Å². The summed E-state index contributed by atoms with van der Waals surface area (Å²) in [6, 6.07) is 16.0. The largest absolute Gasteiger partial charge is 0.504 e. The van der Waals surface area contributed by atoms with Crippen molar-refractivity contribution in [3.63, 3.8) is 0 Å². The summed E-state index contributed by atoms with van der Waals surface area (Å²) < 4.78 is 19.4. The van der Waals surface area contributed by atoms with Crippen molar-refractivity contribution in [1.29, 1.82) is 0 Å². The fourth-order valence-electron chi connectivity index (χ4n) is 8.23. The minimum Gasteiger partial charge on any atom is -0.504 e. The fourth-order valence-corrected chi connectivity index (χ4v) is 8.40. The third-order valence-electron chi connectivity index (χ3n) is 10.8. The molecule has 3 aromatic rings. The molecule has 8 nitrogen and oxygen atoms in total. The molecule has 48 heavy (non-hydrogen) atoms. The van der Waals surface area contributed by atoms with Gasteiger partial charge in [0, 0.05) is 5.92 Å². The second-order valence-corrected chi connectivity index (χ2v) is 13.5. The highest BCUT2D eigenvalue weighted by molar-refractivity contribution is 6.31. The third kappa shape index (κ3) is 4.70. The number of allylic oxidation sites excluding steroid dienone is 3. The van der Waals surface area contributed by atoms with Crippen molar-refractivity contribution in [2.45, 2.75) is 33.1 Å². The second kappa shape index (κ2) is 11.7. The Bertz CT molecular complexity index is 1940. The first kappa shape index (κ1) is 31.8. The van der Waals surface area contributed by atoms with Crippen LogP contribution >= 0.6 is 11.6 Å². The van der Waals surface area contributed by atoms with Crippen LogP contribution in [0, 0.1) is 40.8 Å². The molecule has 4 amide bonds. The van der Waals surface area contributed by atoms with E-state index in [2.05, 4.69) is 0 Å². The summed E-state index contributed by atoms with van der Waals surface area (Å²) >= 11 is 6.08. The standard InChI is InChI=1S/C38H34ClFN2O6/c1-4-20-5-9-22(10-6-20)41-34(44)25-13-12-24-26(33(25)36(41)46)19-28-35(45)42(23-11-15-30(40)29(39)18-23)37(47)38(28,2)27(24)14-7-21-8-16-31(43)32(17-21)48-3/h5-12,14-18,25-28,33,43H,4,13,19H2,1-3H3/t25-,26+,27-,28-,33-,38-/m0/s1. The lowest BCUT2D eigenvalue weighted by Crippen LogP contribution is -2.49. The van der Waals surface area contributed by atoms with Crippen LogP contribution in [-0.2, 0) is 25.6 Å². The second-order valence-electron chi connectivity index (χ2n) is 13.1. The van der Waals surface area contributed by atoms with Gasteiger partial charge in [-0.15, -0.1) is 0 Å². The SMILES string of the molecule is CCc1ccc(N2C(=O)[C@H]3[C@H](CC=C4[C@H]3C[C@H]3C(=O)N(c5ccc(F)c(Cl)c5)C(=O)[C@@]3(C)[C@H]4C=Cc3ccc(O)c(OC)c3)C2=O)cc1. The number of amides is 4. The van der Waals surface area contributed by atoms with Gasteiger partial charge in [0.1, 0.15) is 5.82 Å². The van der Waals surface area contributed by atoms with Crippen molar-refractivity contribution in [3.8, 4) is 11.5 Å². The number of carbonyl (C=O) groups is 4. The number of rotatable bonds is 6. The monoisotopic (exact) mass is 668 g/mol. The molecule has 1 saturated carbocycles. The van der Waals surface area contributed by atoms with Crippen LogP contribution in [0.3, 0.4) is 0 Å². The number of hydrogen-bond acceptors (Lipinski definition) is 6. The quantitative estimate of drug-likeness (QED) is 0.231. The molecule has 1 N–H and O–H groups in total. The van der Waals surface area contributed by atoms with E-state index in [4.69, 9.17) is 16.3 Å². The minimum atomic E-state index is -1.26. The molecular formula is C38H34ClFN2O6. The zero-order valence-electron chi connectivity index (χ0n) is 26.7. The number of aryl methyl sites for hydroxylation is 1. The van der Waals surface area contributed by atoms with Crippen molar-refractivity contribution in [2.75, 3.05) is 16.9 Å². The number of carbonyl (C=O) groups excluding carboxylic acids is 4. The van der Waals surface area contributed by atoms with E-state index < -0.39 is 52.6 Å². The van der Waals surface area contributed by atoms with Gasteiger partial charge < -0.3 is 9.84 Å². The summed E-state index contributed by atoms with van der Waals surface area (Å²) in [7, 11) is 1.45. The molecule has 2 heterocycles. The Morgan fingerprint density at radius 3 is 2.38 bits per heavy atom. The van der Waals surface area contributed by atoms with Gasteiger partial charge in [-0.3, -0.25) is 24.1 Å². The van der Waals surface area contributed by atoms with Crippen LogP contribution in [0.5, 0.6) is 11.5 Å². The molecule has 2 aliphatic carbocycles. The van der Waals surface area contributed by atoms with Gasteiger partial charge in [-0.1, -0.05) is 60.5 Å². The van der Waals surface area contributed by atoms with E-state index in [0.29, 0.717) is 17.7 Å². The molecule has 3 fully saturated rings. The Hall–Kier alpha value is -4.76. The summed E-state index contributed by atoms with van der Waals surface area (Å²) in [6.07, 6.45) is 6.99. The molecule has 6 atom stereocenters. The first-order valence-corrected chi connectivity index (χ1v) is 16.4. The Morgan fingerprint density at radius 2 is 1.69 bits per heavy atom. The molecule has 0 spiro atoms. The number of phenols is 1. The molecule has 2 aliphatic heterocycles.